The van der Waals surface area contributed by atoms with Gasteiger partial charge in [0.2, 0.25) is 5.88 Å². The van der Waals surface area contributed by atoms with Gasteiger partial charge in [0.25, 0.3) is 5.69 Å². The molecule has 7 nitrogen and oxygen atoms in total. The summed E-state index contributed by atoms with van der Waals surface area (Å²) >= 11 is 3.18. The molecule has 0 fully saturated rings. The van der Waals surface area contributed by atoms with Crippen LogP contribution in [0.25, 0.3) is 0 Å². The highest BCUT2D eigenvalue weighted by Crippen LogP contribution is 2.31. The molecule has 0 aliphatic carbocycles. The van der Waals surface area contributed by atoms with Crippen LogP contribution in [0.1, 0.15) is 0 Å². The Labute approximate surface area is 120 Å². The van der Waals surface area contributed by atoms with E-state index in [0.717, 1.165) is 18.2 Å². The molecule has 2 rings (SSSR count). The van der Waals surface area contributed by atoms with Crippen molar-refractivity contribution in [2.24, 2.45) is 5.84 Å². The van der Waals surface area contributed by atoms with Gasteiger partial charge in [-0.1, -0.05) is 0 Å². The van der Waals surface area contributed by atoms with E-state index in [-0.39, 0.29) is 23.1 Å². The molecule has 0 atom stereocenters. The third kappa shape index (κ3) is 3.19. The molecule has 0 aliphatic rings. The van der Waals surface area contributed by atoms with E-state index in [9.17, 15) is 14.5 Å². The zero-order valence-electron chi connectivity index (χ0n) is 9.84. The Bertz CT molecular complexity index is 668. The molecular formula is C11H8BrFN4O3. The molecular weight excluding hydrogens is 335 g/mol. The van der Waals surface area contributed by atoms with E-state index in [1.54, 1.807) is 0 Å². The average molecular weight is 343 g/mol. The van der Waals surface area contributed by atoms with Crippen molar-refractivity contribution in [1.82, 2.24) is 4.98 Å². The maximum Gasteiger partial charge on any atom is 0.278 e. The highest BCUT2D eigenvalue weighted by atomic mass is 79.9. The number of anilines is 1. The number of rotatable bonds is 4. The number of halogens is 2. The van der Waals surface area contributed by atoms with E-state index in [1.807, 2.05) is 0 Å². The number of ether oxygens (including phenoxy) is 1. The third-order valence-corrected chi connectivity index (χ3v) is 2.91. The topological polar surface area (TPSA) is 103 Å². The lowest BCUT2D eigenvalue weighted by molar-refractivity contribution is -0.384. The van der Waals surface area contributed by atoms with Crippen molar-refractivity contribution in [1.29, 1.82) is 0 Å². The molecule has 0 saturated carbocycles. The summed E-state index contributed by atoms with van der Waals surface area (Å²) < 4.78 is 18.9. The Morgan fingerprint density at radius 2 is 2.15 bits per heavy atom. The average Bonchev–Trinajstić information content (AvgIpc) is 2.42. The fourth-order valence-corrected chi connectivity index (χ4v) is 1.72. The van der Waals surface area contributed by atoms with E-state index in [2.05, 4.69) is 26.3 Å². The molecule has 0 unspecified atom stereocenters. The first-order valence-electron chi connectivity index (χ1n) is 5.25. The Morgan fingerprint density at radius 1 is 1.40 bits per heavy atom. The summed E-state index contributed by atoms with van der Waals surface area (Å²) in [4.78, 5) is 14.1. The number of nitrogen functional groups attached to an aromatic ring is 1. The second-order valence-electron chi connectivity index (χ2n) is 3.63. The zero-order chi connectivity index (χ0) is 14.7. The number of nitrogens with two attached hydrogens (primary N) is 1. The second kappa shape index (κ2) is 5.80. The lowest BCUT2D eigenvalue weighted by Crippen LogP contribution is -2.09. The molecule has 1 heterocycles. The van der Waals surface area contributed by atoms with E-state index < -0.39 is 10.7 Å². The highest BCUT2D eigenvalue weighted by Gasteiger charge is 2.13. The number of nitro groups is 1. The smallest absolute Gasteiger partial charge is 0.278 e. The van der Waals surface area contributed by atoms with Gasteiger partial charge >= 0.3 is 0 Å². The van der Waals surface area contributed by atoms with Crippen molar-refractivity contribution in [3.8, 4) is 11.6 Å². The molecule has 1 aromatic heterocycles. The fraction of sp³-hybridized carbons (Fsp3) is 0. The minimum atomic E-state index is -0.615. The highest BCUT2D eigenvalue weighted by molar-refractivity contribution is 9.10. The van der Waals surface area contributed by atoms with Gasteiger partial charge in [-0.3, -0.25) is 10.1 Å². The number of nitrogens with zero attached hydrogens (tertiary/aromatic N) is 2. The standard InChI is InChI=1S/C11H8BrFN4O3/c12-8-2-1-6(13)3-9(8)20-11-5-7(17(18)19)4-10(15-11)16-14/h1-5H,14H2,(H,15,16). The molecule has 0 radical (unpaired) electrons. The summed E-state index contributed by atoms with van der Waals surface area (Å²) in [5, 5.41) is 10.8. The van der Waals surface area contributed by atoms with Crippen LogP contribution in [0.2, 0.25) is 0 Å². The summed E-state index contributed by atoms with van der Waals surface area (Å²) in [5.74, 6) is 4.78. The van der Waals surface area contributed by atoms with Gasteiger partial charge in [0.15, 0.2) is 5.82 Å². The van der Waals surface area contributed by atoms with E-state index in [0.29, 0.717) is 4.47 Å². The minimum absolute atomic E-state index is 0.0572. The maximum atomic E-state index is 13.1. The number of hydrazine groups is 1. The first-order chi connectivity index (χ1) is 9.49. The normalized spacial score (nSPS) is 10.2. The van der Waals surface area contributed by atoms with Crippen LogP contribution in [0.15, 0.2) is 34.8 Å². The Kier molecular flexibility index (Phi) is 4.11. The van der Waals surface area contributed by atoms with Crippen LogP contribution in [0.4, 0.5) is 15.9 Å². The molecule has 0 aliphatic heterocycles. The molecule has 0 spiro atoms. The van der Waals surface area contributed by atoms with Gasteiger partial charge in [0.05, 0.1) is 21.5 Å². The van der Waals surface area contributed by atoms with E-state index in [4.69, 9.17) is 10.6 Å². The summed E-state index contributed by atoms with van der Waals surface area (Å²) in [7, 11) is 0. The van der Waals surface area contributed by atoms with Gasteiger partial charge in [0, 0.05) is 6.07 Å². The van der Waals surface area contributed by atoms with Crippen molar-refractivity contribution in [3.63, 3.8) is 0 Å². The predicted octanol–water partition coefficient (Wildman–Crippen LogP) is 2.97. The first-order valence-corrected chi connectivity index (χ1v) is 6.05. The number of nitrogens with one attached hydrogen (secondary N) is 1. The van der Waals surface area contributed by atoms with Gasteiger partial charge in [-0.25, -0.2) is 10.2 Å². The van der Waals surface area contributed by atoms with Crippen molar-refractivity contribution < 1.29 is 14.1 Å². The largest absolute Gasteiger partial charge is 0.437 e. The molecule has 0 saturated heterocycles. The SMILES string of the molecule is NNc1cc([N+](=O)[O-])cc(Oc2cc(F)ccc2Br)n1. The van der Waals surface area contributed by atoms with Crippen molar-refractivity contribution in [3.05, 3.63) is 50.7 Å². The van der Waals surface area contributed by atoms with Gasteiger partial charge in [-0.15, -0.1) is 0 Å². The van der Waals surface area contributed by atoms with Crippen LogP contribution in [-0.4, -0.2) is 9.91 Å². The van der Waals surface area contributed by atoms with Gasteiger partial charge in [0.1, 0.15) is 11.6 Å². The van der Waals surface area contributed by atoms with Crippen molar-refractivity contribution >= 4 is 27.4 Å². The fourth-order valence-electron chi connectivity index (χ4n) is 1.39. The van der Waals surface area contributed by atoms with Crippen molar-refractivity contribution in [2.75, 3.05) is 5.43 Å². The Hall–Kier alpha value is -2.26. The number of hydrogen-bond donors (Lipinski definition) is 2. The van der Waals surface area contributed by atoms with Crippen LogP contribution in [-0.2, 0) is 0 Å². The monoisotopic (exact) mass is 342 g/mol. The summed E-state index contributed by atoms with van der Waals surface area (Å²) in [5.41, 5.74) is 1.94. The van der Waals surface area contributed by atoms with Crippen LogP contribution in [0.5, 0.6) is 11.6 Å². The number of aromatic nitrogens is 1. The third-order valence-electron chi connectivity index (χ3n) is 2.25. The lowest BCUT2D eigenvalue weighted by atomic mass is 10.3. The quantitative estimate of drug-likeness (QED) is 0.503. The molecule has 104 valence electrons. The molecule has 0 amide bonds. The van der Waals surface area contributed by atoms with Crippen LogP contribution < -0.4 is 16.0 Å². The van der Waals surface area contributed by atoms with Crippen LogP contribution in [0, 0.1) is 15.9 Å². The molecule has 9 heteroatoms. The molecule has 2 aromatic rings. The Balaban J connectivity index is 2.39. The number of benzene rings is 1. The summed E-state index contributed by atoms with van der Waals surface area (Å²) in [6.07, 6.45) is 0. The van der Waals surface area contributed by atoms with Crippen LogP contribution >= 0.6 is 15.9 Å². The van der Waals surface area contributed by atoms with E-state index in [1.165, 1.54) is 12.1 Å². The van der Waals surface area contributed by atoms with E-state index >= 15 is 0 Å². The zero-order valence-corrected chi connectivity index (χ0v) is 11.4. The summed E-state index contributed by atoms with van der Waals surface area (Å²) in [6.45, 7) is 0. The molecule has 0 bridgehead atoms. The molecule has 1 aromatic carbocycles. The van der Waals surface area contributed by atoms with Gasteiger partial charge < -0.3 is 10.2 Å². The minimum Gasteiger partial charge on any atom is -0.437 e. The Morgan fingerprint density at radius 3 is 2.80 bits per heavy atom. The lowest BCUT2D eigenvalue weighted by Gasteiger charge is -2.08. The van der Waals surface area contributed by atoms with Gasteiger partial charge in [-0.05, 0) is 28.1 Å². The second-order valence-corrected chi connectivity index (χ2v) is 4.48. The van der Waals surface area contributed by atoms with Crippen molar-refractivity contribution in [2.45, 2.75) is 0 Å². The number of hydrogen-bond acceptors (Lipinski definition) is 6. The maximum absolute atomic E-state index is 13.1. The molecule has 20 heavy (non-hydrogen) atoms. The summed E-state index contributed by atoms with van der Waals surface area (Å²) in [6, 6.07) is 6.07. The first kappa shape index (κ1) is 14.2. The van der Waals surface area contributed by atoms with Gasteiger partial charge in [-0.2, -0.15) is 4.98 Å². The molecule has 3 N–H and O–H groups in total. The number of pyridine rings is 1. The predicted molar refractivity (Wildman–Crippen MR) is 72.9 cm³/mol. The van der Waals surface area contributed by atoms with Crippen LogP contribution in [0.3, 0.4) is 0 Å².